The van der Waals surface area contributed by atoms with E-state index in [2.05, 4.69) is 5.32 Å². The van der Waals surface area contributed by atoms with Gasteiger partial charge in [-0.3, -0.25) is 0 Å². The summed E-state index contributed by atoms with van der Waals surface area (Å²) < 4.78 is 22.3. The quantitative estimate of drug-likeness (QED) is 0.813. The topological polar surface area (TPSA) is 49.0 Å². The Morgan fingerprint density at radius 1 is 1.15 bits per heavy atom. The van der Waals surface area contributed by atoms with E-state index in [4.69, 9.17) is 18.9 Å². The summed E-state index contributed by atoms with van der Waals surface area (Å²) in [6.45, 7) is 1.08. The average Bonchev–Trinajstić information content (AvgIpc) is 2.85. The predicted octanol–water partition coefficient (Wildman–Crippen LogP) is 1.18. The number of ether oxygens (including phenoxy) is 4. The van der Waals surface area contributed by atoms with Gasteiger partial charge in [0.25, 0.3) is 0 Å². The van der Waals surface area contributed by atoms with Gasteiger partial charge in [0.15, 0.2) is 6.29 Å². The van der Waals surface area contributed by atoms with Gasteiger partial charge >= 0.3 is 0 Å². The van der Waals surface area contributed by atoms with Gasteiger partial charge in [-0.2, -0.15) is 0 Å². The molecular formula is C15H23NO4. The molecular weight excluding hydrogens is 258 g/mol. The maximum Gasteiger partial charge on any atom is 0.185 e. The second-order valence-electron chi connectivity index (χ2n) is 4.79. The van der Waals surface area contributed by atoms with E-state index in [1.165, 1.54) is 0 Å². The molecule has 0 saturated carbocycles. The molecule has 20 heavy (non-hydrogen) atoms. The van der Waals surface area contributed by atoms with Gasteiger partial charge in [0, 0.05) is 14.2 Å². The van der Waals surface area contributed by atoms with Gasteiger partial charge < -0.3 is 24.3 Å². The van der Waals surface area contributed by atoms with Crippen LogP contribution in [0.1, 0.15) is 5.56 Å². The smallest absolute Gasteiger partial charge is 0.185 e. The van der Waals surface area contributed by atoms with E-state index in [0.29, 0.717) is 13.2 Å². The van der Waals surface area contributed by atoms with Crippen molar-refractivity contribution in [2.75, 3.05) is 27.9 Å². The molecule has 112 valence electrons. The molecule has 0 aromatic heterocycles. The molecule has 1 fully saturated rings. The normalized spacial score (nSPS) is 29.8. The Bertz CT molecular complexity index is 387. The summed E-state index contributed by atoms with van der Waals surface area (Å²) in [7, 11) is 5.18. The zero-order valence-corrected chi connectivity index (χ0v) is 12.2. The molecule has 0 spiro atoms. The monoisotopic (exact) mass is 281 g/mol. The summed E-state index contributed by atoms with van der Waals surface area (Å²) in [5.74, 6) is 0. The van der Waals surface area contributed by atoms with Gasteiger partial charge in [0.1, 0.15) is 12.2 Å². The summed E-state index contributed by atoms with van der Waals surface area (Å²) in [5.41, 5.74) is 1.15. The van der Waals surface area contributed by atoms with E-state index < -0.39 is 0 Å². The fourth-order valence-electron chi connectivity index (χ4n) is 2.52. The minimum Gasteiger partial charge on any atom is -0.374 e. The van der Waals surface area contributed by atoms with Crippen molar-refractivity contribution in [1.82, 2.24) is 5.32 Å². The number of benzene rings is 1. The molecule has 1 aliphatic rings. The SMILES string of the molecule is CN[C@@H]1[C@@H](OC)[C@@H](OC)O[C@@H]1COCc1ccccc1. The van der Waals surface area contributed by atoms with Gasteiger partial charge in [-0.25, -0.2) is 0 Å². The van der Waals surface area contributed by atoms with E-state index in [1.807, 2.05) is 37.4 Å². The molecule has 5 nitrogen and oxygen atoms in total. The molecule has 1 aromatic carbocycles. The van der Waals surface area contributed by atoms with Crippen LogP contribution in [0.25, 0.3) is 0 Å². The second-order valence-corrected chi connectivity index (χ2v) is 4.79. The van der Waals surface area contributed by atoms with Crippen molar-refractivity contribution in [3.8, 4) is 0 Å². The summed E-state index contributed by atoms with van der Waals surface area (Å²) in [6.07, 6.45) is -0.572. The number of hydrogen-bond donors (Lipinski definition) is 1. The van der Waals surface area contributed by atoms with Crippen molar-refractivity contribution in [2.45, 2.75) is 31.1 Å². The van der Waals surface area contributed by atoms with Gasteiger partial charge in [0.2, 0.25) is 0 Å². The largest absolute Gasteiger partial charge is 0.374 e. The molecule has 1 heterocycles. The van der Waals surface area contributed by atoms with Crippen LogP contribution < -0.4 is 5.32 Å². The van der Waals surface area contributed by atoms with Crippen molar-refractivity contribution in [3.05, 3.63) is 35.9 Å². The van der Waals surface area contributed by atoms with Crippen molar-refractivity contribution >= 4 is 0 Å². The lowest BCUT2D eigenvalue weighted by Crippen LogP contribution is -2.45. The third-order valence-corrected chi connectivity index (χ3v) is 3.56. The first-order chi connectivity index (χ1) is 9.80. The van der Waals surface area contributed by atoms with Crippen molar-refractivity contribution in [1.29, 1.82) is 0 Å². The molecule has 0 aliphatic carbocycles. The maximum atomic E-state index is 5.82. The molecule has 1 aromatic rings. The van der Waals surface area contributed by atoms with E-state index in [1.54, 1.807) is 14.2 Å². The second kappa shape index (κ2) is 7.71. The zero-order chi connectivity index (χ0) is 14.4. The molecule has 0 amide bonds. The number of rotatable bonds is 7. The molecule has 1 saturated heterocycles. The lowest BCUT2D eigenvalue weighted by molar-refractivity contribution is -0.162. The van der Waals surface area contributed by atoms with Crippen molar-refractivity contribution in [2.24, 2.45) is 0 Å². The number of nitrogens with one attached hydrogen (secondary N) is 1. The van der Waals surface area contributed by atoms with Crippen LogP contribution in [0.15, 0.2) is 30.3 Å². The van der Waals surface area contributed by atoms with Crippen molar-refractivity contribution < 1.29 is 18.9 Å². The molecule has 5 heteroatoms. The van der Waals surface area contributed by atoms with Gasteiger partial charge in [-0.1, -0.05) is 30.3 Å². The summed E-state index contributed by atoms with van der Waals surface area (Å²) in [4.78, 5) is 0. The fourth-order valence-corrected chi connectivity index (χ4v) is 2.52. The van der Waals surface area contributed by atoms with Crippen LogP contribution >= 0.6 is 0 Å². The van der Waals surface area contributed by atoms with Crippen LogP contribution in [-0.2, 0) is 25.6 Å². The van der Waals surface area contributed by atoms with Crippen LogP contribution in [0, 0.1) is 0 Å². The van der Waals surface area contributed by atoms with E-state index in [9.17, 15) is 0 Å². The maximum absolute atomic E-state index is 5.82. The highest BCUT2D eigenvalue weighted by molar-refractivity contribution is 5.13. The van der Waals surface area contributed by atoms with Gasteiger partial charge in [-0.05, 0) is 12.6 Å². The first kappa shape index (κ1) is 15.4. The van der Waals surface area contributed by atoms with Gasteiger partial charge in [0.05, 0.1) is 19.3 Å². The summed E-state index contributed by atoms with van der Waals surface area (Å²) in [6, 6.07) is 10.1. The first-order valence-corrected chi connectivity index (χ1v) is 6.80. The molecule has 1 aliphatic heterocycles. The van der Waals surface area contributed by atoms with Crippen LogP contribution in [0.4, 0.5) is 0 Å². The minimum absolute atomic E-state index is 0.0562. The molecule has 0 bridgehead atoms. The fraction of sp³-hybridized carbons (Fsp3) is 0.600. The third-order valence-electron chi connectivity index (χ3n) is 3.56. The lowest BCUT2D eigenvalue weighted by Gasteiger charge is -2.21. The Morgan fingerprint density at radius 2 is 1.90 bits per heavy atom. The molecule has 0 radical (unpaired) electrons. The molecule has 0 unspecified atom stereocenters. The van der Waals surface area contributed by atoms with Crippen LogP contribution in [-0.4, -0.2) is 52.4 Å². The molecule has 2 rings (SSSR count). The van der Waals surface area contributed by atoms with Crippen LogP contribution in [0.5, 0.6) is 0 Å². The van der Waals surface area contributed by atoms with Crippen LogP contribution in [0.3, 0.4) is 0 Å². The first-order valence-electron chi connectivity index (χ1n) is 6.80. The number of methoxy groups -OCH3 is 2. The predicted molar refractivity (Wildman–Crippen MR) is 75.4 cm³/mol. The number of likely N-dealkylation sites (N-methyl/N-ethyl adjacent to an activating group) is 1. The lowest BCUT2D eigenvalue weighted by atomic mass is 10.1. The van der Waals surface area contributed by atoms with E-state index >= 15 is 0 Å². The van der Waals surface area contributed by atoms with Gasteiger partial charge in [-0.15, -0.1) is 0 Å². The Labute approximate surface area is 120 Å². The average molecular weight is 281 g/mol. The Morgan fingerprint density at radius 3 is 2.50 bits per heavy atom. The zero-order valence-electron chi connectivity index (χ0n) is 12.2. The minimum atomic E-state index is -0.359. The highest BCUT2D eigenvalue weighted by Gasteiger charge is 2.44. The molecule has 4 atom stereocenters. The third kappa shape index (κ3) is 3.56. The standard InChI is InChI=1S/C15H23NO4/c1-16-13-12(20-15(18-3)14(13)17-2)10-19-9-11-7-5-4-6-8-11/h4-8,12-16H,9-10H2,1-3H3/t12-,13+,14-,15+/m1/s1. The van der Waals surface area contributed by atoms with Crippen LogP contribution in [0.2, 0.25) is 0 Å². The highest BCUT2D eigenvalue weighted by Crippen LogP contribution is 2.24. The van der Waals surface area contributed by atoms with E-state index in [-0.39, 0.29) is 24.5 Å². The highest BCUT2D eigenvalue weighted by atomic mass is 16.7. The number of hydrogen-bond acceptors (Lipinski definition) is 5. The summed E-state index contributed by atoms with van der Waals surface area (Å²) in [5, 5.41) is 3.22. The van der Waals surface area contributed by atoms with Crippen molar-refractivity contribution in [3.63, 3.8) is 0 Å². The Kier molecular flexibility index (Phi) is 5.94. The Balaban J connectivity index is 1.85. The van der Waals surface area contributed by atoms with E-state index in [0.717, 1.165) is 5.56 Å². The Hall–Kier alpha value is -0.980. The summed E-state index contributed by atoms with van der Waals surface area (Å²) >= 11 is 0. The molecule has 1 N–H and O–H groups in total.